The first kappa shape index (κ1) is 21.6. The maximum Gasteiger partial charge on any atom is 0.486 e. The molecule has 1 atom stereocenters. The molecule has 0 saturated heterocycles. The summed E-state index contributed by atoms with van der Waals surface area (Å²) in [5, 5.41) is -5.89. The van der Waals surface area contributed by atoms with Crippen LogP contribution in [0.5, 0.6) is 0 Å². The minimum Gasteiger partial charge on any atom is -0.607 e. The summed E-state index contributed by atoms with van der Waals surface area (Å²) in [5.74, 6) is -6.49. The van der Waals surface area contributed by atoms with Gasteiger partial charge >= 0.3 is 17.4 Å². The molecule has 0 bridgehead atoms. The Morgan fingerprint density at radius 1 is 1.12 bits per heavy atom. The van der Waals surface area contributed by atoms with Crippen molar-refractivity contribution in [1.29, 1.82) is 0 Å². The topological polar surface area (TPSA) is 36.2 Å². The summed E-state index contributed by atoms with van der Waals surface area (Å²) in [5.41, 5.74) is 0.205. The molecule has 1 aromatic carbocycles. The second-order valence-electron chi connectivity index (χ2n) is 4.94. The molecule has 1 radical (unpaired) electrons. The molecule has 0 spiro atoms. The molecule has 2 rings (SSSR count). The molecule has 2 aromatic rings. The highest BCUT2D eigenvalue weighted by Crippen LogP contribution is 2.51. The predicted molar refractivity (Wildman–Crippen MR) is 84.5 cm³/mol. The van der Waals surface area contributed by atoms with Gasteiger partial charge in [-0.1, -0.05) is 0 Å². The van der Waals surface area contributed by atoms with E-state index in [1.165, 1.54) is 18.6 Å². The Bertz CT molecular complexity index is 778. The van der Waals surface area contributed by atoms with Crippen molar-refractivity contribution in [2.75, 3.05) is 0 Å². The molecule has 12 heteroatoms. The van der Waals surface area contributed by atoms with Gasteiger partial charge in [-0.05, 0) is 43.5 Å². The van der Waals surface area contributed by atoms with Crippen LogP contribution in [0.1, 0.15) is 11.1 Å². The highest BCUT2D eigenvalue weighted by molar-refractivity contribution is 9.11. The van der Waals surface area contributed by atoms with E-state index in [-0.39, 0.29) is 20.9 Å². The van der Waals surface area contributed by atoms with Crippen molar-refractivity contribution in [2.45, 2.75) is 28.7 Å². The van der Waals surface area contributed by atoms with Crippen molar-refractivity contribution in [3.63, 3.8) is 0 Å². The monoisotopic (exact) mass is 529 g/mol. The third-order valence-electron chi connectivity index (χ3n) is 3.16. The van der Waals surface area contributed by atoms with Crippen LogP contribution in [-0.4, -0.2) is 21.9 Å². The summed E-state index contributed by atoms with van der Waals surface area (Å²) >= 11 is 1.80. The average molecular weight is 531 g/mol. The highest BCUT2D eigenvalue weighted by atomic mass is 79.9. The van der Waals surface area contributed by atoms with Crippen LogP contribution in [0, 0.1) is 6.07 Å². The van der Waals surface area contributed by atoms with Gasteiger partial charge in [0.25, 0.3) is 0 Å². The summed E-state index contributed by atoms with van der Waals surface area (Å²) in [6.45, 7) is 0. The number of hydrogen-bond donors (Lipinski definition) is 0. The number of hydrogen-bond acceptors (Lipinski definition) is 2. The van der Waals surface area contributed by atoms with Crippen molar-refractivity contribution in [2.24, 2.45) is 0 Å². The van der Waals surface area contributed by atoms with Crippen LogP contribution in [0.2, 0.25) is 0 Å². The Labute approximate surface area is 162 Å². The van der Waals surface area contributed by atoms with Gasteiger partial charge in [-0.15, -0.1) is 8.78 Å². The lowest BCUT2D eigenvalue weighted by Crippen LogP contribution is -2.56. The van der Waals surface area contributed by atoms with Crippen LogP contribution >= 0.6 is 31.9 Å². The van der Waals surface area contributed by atoms with Crippen LogP contribution in [-0.2, 0) is 17.6 Å². The average Bonchev–Trinajstić information content (AvgIpc) is 3.00. The first-order valence-corrected chi connectivity index (χ1v) is 9.18. The molecule has 0 saturated carbocycles. The molecule has 0 amide bonds. The van der Waals surface area contributed by atoms with E-state index in [2.05, 4.69) is 37.9 Å². The molecule has 0 aliphatic heterocycles. The van der Waals surface area contributed by atoms with Crippen molar-refractivity contribution in [3.05, 3.63) is 50.8 Å². The zero-order valence-electron chi connectivity index (χ0n) is 12.1. The van der Waals surface area contributed by atoms with E-state index in [9.17, 15) is 35.3 Å². The van der Waals surface area contributed by atoms with Crippen LogP contribution in [0.3, 0.4) is 0 Å². The molecule has 0 fully saturated rings. The normalized spacial score (nSPS) is 14.5. The van der Waals surface area contributed by atoms with Crippen molar-refractivity contribution in [3.8, 4) is 0 Å². The molecule has 0 N–H and O–H groups in total. The predicted octanol–water partition coefficient (Wildman–Crippen LogP) is 6.09. The number of benzene rings is 1. The zero-order chi connectivity index (χ0) is 19.9. The van der Waals surface area contributed by atoms with Crippen molar-refractivity contribution < 1.29 is 39.7 Å². The Kier molecular flexibility index (Phi) is 6.11. The Morgan fingerprint density at radius 2 is 1.73 bits per heavy atom. The van der Waals surface area contributed by atoms with Crippen molar-refractivity contribution >= 4 is 43.0 Å². The molecule has 143 valence electrons. The molecule has 1 aromatic heterocycles. The molecular weight excluding hydrogens is 525 g/mol. The van der Waals surface area contributed by atoms with E-state index in [1.807, 2.05) is 0 Å². The molecule has 1 unspecified atom stereocenters. The first-order valence-electron chi connectivity index (χ1n) is 6.44. The van der Waals surface area contributed by atoms with E-state index in [0.717, 1.165) is 6.07 Å². The van der Waals surface area contributed by atoms with Gasteiger partial charge in [0.05, 0.1) is 23.7 Å². The third-order valence-corrected chi connectivity index (χ3v) is 5.75. The lowest BCUT2D eigenvalue weighted by atomic mass is 10.1. The summed E-state index contributed by atoms with van der Waals surface area (Å²) in [6, 6.07) is 4.76. The van der Waals surface area contributed by atoms with Crippen LogP contribution in [0.4, 0.5) is 30.7 Å². The fraction of sp³-hybridized carbons (Fsp3) is 0.286. The lowest BCUT2D eigenvalue weighted by molar-refractivity contribution is -0.332. The van der Waals surface area contributed by atoms with Gasteiger partial charge in [0, 0.05) is 33.1 Å². The molecule has 0 aliphatic rings. The van der Waals surface area contributed by atoms with Crippen LogP contribution in [0.25, 0.3) is 0 Å². The van der Waals surface area contributed by atoms with Gasteiger partial charge in [-0.25, -0.2) is 0 Å². The molecule has 1 heterocycles. The smallest absolute Gasteiger partial charge is 0.486 e. The molecule has 2 nitrogen and oxygen atoms in total. The minimum atomic E-state index is -6.58. The summed E-state index contributed by atoms with van der Waals surface area (Å²) in [4.78, 5) is -0.891. The largest absolute Gasteiger partial charge is 0.607 e. The summed E-state index contributed by atoms with van der Waals surface area (Å²) < 4.78 is 108. The molecular formula is C14H6Br2F7O2S. The molecule has 0 aliphatic carbocycles. The fourth-order valence-corrected chi connectivity index (χ4v) is 4.66. The van der Waals surface area contributed by atoms with E-state index in [0.29, 0.717) is 5.56 Å². The maximum absolute atomic E-state index is 13.9. The van der Waals surface area contributed by atoms with Gasteiger partial charge < -0.3 is 8.97 Å². The van der Waals surface area contributed by atoms with Crippen LogP contribution in [0.15, 0.2) is 42.9 Å². The van der Waals surface area contributed by atoms with Crippen LogP contribution < -0.4 is 0 Å². The Hall–Kier alpha value is -0.720. The standard InChI is InChI=1S/C14H6Br2F7O2S/c15-8-4-10(16)9(3-7-1-2-25-6-7)11(5-8)26(24)14(22,23)12(17,18)13(19,20)21/h1-2,5-6H,3H2. The van der Waals surface area contributed by atoms with Crippen molar-refractivity contribution in [1.82, 2.24) is 0 Å². The van der Waals surface area contributed by atoms with Gasteiger partial charge in [0.1, 0.15) is 0 Å². The second-order valence-corrected chi connectivity index (χ2v) is 8.08. The SMILES string of the molecule is [O-][S+](c1cc(Br)[c]c(Br)c1Cc1ccoc1)C(F)(F)C(F)(F)C(F)(F)F. The Balaban J connectivity index is 2.56. The number of rotatable bonds is 5. The van der Waals surface area contributed by atoms with Gasteiger partial charge in [-0.2, -0.15) is 22.0 Å². The highest BCUT2D eigenvalue weighted by Gasteiger charge is 2.80. The quantitative estimate of drug-likeness (QED) is 0.346. The van der Waals surface area contributed by atoms with E-state index < -0.39 is 33.4 Å². The first-order chi connectivity index (χ1) is 11.8. The van der Waals surface area contributed by atoms with Gasteiger partial charge in [0.2, 0.25) is 0 Å². The lowest BCUT2D eigenvalue weighted by Gasteiger charge is -2.29. The number of alkyl halides is 7. The number of furan rings is 1. The summed E-state index contributed by atoms with van der Waals surface area (Å²) in [7, 11) is 0. The van der Waals surface area contributed by atoms with Gasteiger partial charge in [0.15, 0.2) is 4.90 Å². The number of halogens is 9. The Morgan fingerprint density at radius 3 is 2.23 bits per heavy atom. The minimum absolute atomic E-state index is 0.0254. The maximum atomic E-state index is 13.9. The van der Waals surface area contributed by atoms with E-state index >= 15 is 0 Å². The summed E-state index contributed by atoms with van der Waals surface area (Å²) in [6.07, 6.45) is -4.33. The molecule has 26 heavy (non-hydrogen) atoms. The fourth-order valence-electron chi connectivity index (χ4n) is 1.87. The van der Waals surface area contributed by atoms with E-state index in [4.69, 9.17) is 4.42 Å². The van der Waals surface area contributed by atoms with Gasteiger partial charge in [-0.3, -0.25) is 0 Å². The third kappa shape index (κ3) is 3.92. The van der Waals surface area contributed by atoms with E-state index in [1.54, 1.807) is 0 Å². The second kappa shape index (κ2) is 7.36. The zero-order valence-corrected chi connectivity index (χ0v) is 16.1.